The number of hydrogen-bond donors (Lipinski definition) is 1. The van der Waals surface area contributed by atoms with Crippen LogP contribution in [0.25, 0.3) is 0 Å². The smallest absolute Gasteiger partial charge is 0.118 e. The van der Waals surface area contributed by atoms with Crippen molar-refractivity contribution in [3.63, 3.8) is 0 Å². The number of aromatic nitrogens is 2. The fourth-order valence-electron chi connectivity index (χ4n) is 2.18. The second kappa shape index (κ2) is 7.70. The van der Waals surface area contributed by atoms with Crippen LogP contribution in [0.15, 0.2) is 36.8 Å². The lowest BCUT2D eigenvalue weighted by Crippen LogP contribution is -2.18. The van der Waals surface area contributed by atoms with Gasteiger partial charge in [0.1, 0.15) is 5.75 Å². The van der Waals surface area contributed by atoms with Gasteiger partial charge in [0.15, 0.2) is 0 Å². The van der Waals surface area contributed by atoms with Gasteiger partial charge in [0.05, 0.1) is 19.1 Å². The average Bonchev–Trinajstić information content (AvgIpc) is 2.92. The molecule has 0 radical (unpaired) electrons. The zero-order valence-electron chi connectivity index (χ0n) is 12.3. The molecule has 0 aliphatic heterocycles. The van der Waals surface area contributed by atoms with Gasteiger partial charge in [0, 0.05) is 19.3 Å². The Morgan fingerprint density at radius 1 is 1.25 bits per heavy atom. The third kappa shape index (κ3) is 4.10. The van der Waals surface area contributed by atoms with Crippen molar-refractivity contribution in [3.8, 4) is 5.75 Å². The number of nitrogens with one attached hydrogen (secondary N) is 1. The Kier molecular flexibility index (Phi) is 5.62. The second-order valence-corrected chi connectivity index (χ2v) is 4.85. The number of ether oxygens (including phenoxy) is 1. The highest BCUT2D eigenvalue weighted by atomic mass is 16.5. The van der Waals surface area contributed by atoms with Gasteiger partial charge >= 0.3 is 0 Å². The monoisotopic (exact) mass is 273 g/mol. The van der Waals surface area contributed by atoms with Gasteiger partial charge in [-0.1, -0.05) is 19.1 Å². The first kappa shape index (κ1) is 14.6. The van der Waals surface area contributed by atoms with E-state index in [9.17, 15) is 0 Å². The summed E-state index contributed by atoms with van der Waals surface area (Å²) in [6, 6.07) is 8.24. The molecule has 0 bridgehead atoms. The van der Waals surface area contributed by atoms with E-state index in [2.05, 4.69) is 33.9 Å². The maximum atomic E-state index is 5.15. The van der Waals surface area contributed by atoms with Crippen LogP contribution in [0.3, 0.4) is 0 Å². The number of methoxy groups -OCH3 is 1. The predicted molar refractivity (Wildman–Crippen MR) is 80.9 cm³/mol. The lowest BCUT2D eigenvalue weighted by Gasteiger charge is -2.08. The van der Waals surface area contributed by atoms with E-state index in [-0.39, 0.29) is 0 Å². The molecule has 0 saturated carbocycles. The van der Waals surface area contributed by atoms with Crippen LogP contribution in [-0.2, 0) is 19.5 Å². The number of aryl methyl sites for hydroxylation is 1. The Morgan fingerprint density at radius 2 is 2.05 bits per heavy atom. The van der Waals surface area contributed by atoms with Gasteiger partial charge in [-0.2, -0.15) is 0 Å². The summed E-state index contributed by atoms with van der Waals surface area (Å²) in [5, 5.41) is 3.47. The van der Waals surface area contributed by atoms with E-state index in [0.29, 0.717) is 0 Å². The molecule has 0 saturated heterocycles. The molecule has 2 aromatic rings. The van der Waals surface area contributed by atoms with Crippen molar-refractivity contribution < 1.29 is 4.74 Å². The van der Waals surface area contributed by atoms with Crippen molar-refractivity contribution in [2.24, 2.45) is 0 Å². The van der Waals surface area contributed by atoms with Gasteiger partial charge in [-0.3, -0.25) is 0 Å². The maximum Gasteiger partial charge on any atom is 0.118 e. The molecule has 0 spiro atoms. The summed E-state index contributed by atoms with van der Waals surface area (Å²) in [6.45, 7) is 5.05. The molecule has 0 atom stereocenters. The van der Waals surface area contributed by atoms with Crippen LogP contribution < -0.4 is 10.1 Å². The summed E-state index contributed by atoms with van der Waals surface area (Å²) in [7, 11) is 1.69. The largest absolute Gasteiger partial charge is 0.497 e. The van der Waals surface area contributed by atoms with Gasteiger partial charge in [-0.05, 0) is 37.1 Å². The van der Waals surface area contributed by atoms with Crippen LogP contribution in [0.2, 0.25) is 0 Å². The minimum atomic E-state index is 0.871. The molecule has 20 heavy (non-hydrogen) atoms. The molecule has 0 fully saturated rings. The summed E-state index contributed by atoms with van der Waals surface area (Å²) in [5.74, 6) is 0.908. The lowest BCUT2D eigenvalue weighted by molar-refractivity contribution is 0.414. The Morgan fingerprint density at radius 3 is 2.75 bits per heavy atom. The molecule has 0 aliphatic carbocycles. The van der Waals surface area contributed by atoms with Gasteiger partial charge < -0.3 is 14.6 Å². The minimum Gasteiger partial charge on any atom is -0.497 e. The SMILES string of the molecule is CCCn1cncc1CNCCc1ccc(OC)cc1. The molecular weight excluding hydrogens is 250 g/mol. The lowest BCUT2D eigenvalue weighted by atomic mass is 10.1. The van der Waals surface area contributed by atoms with Crippen LogP contribution in [0.1, 0.15) is 24.6 Å². The van der Waals surface area contributed by atoms with Gasteiger partial charge in [0.2, 0.25) is 0 Å². The van der Waals surface area contributed by atoms with E-state index in [4.69, 9.17) is 4.74 Å². The van der Waals surface area contributed by atoms with Crippen LogP contribution >= 0.6 is 0 Å². The molecule has 2 rings (SSSR count). The number of imidazole rings is 1. The highest BCUT2D eigenvalue weighted by Gasteiger charge is 2.00. The summed E-state index contributed by atoms with van der Waals surface area (Å²) in [6.07, 6.45) is 6.00. The maximum absolute atomic E-state index is 5.15. The van der Waals surface area contributed by atoms with Crippen LogP contribution in [-0.4, -0.2) is 23.2 Å². The number of nitrogens with zero attached hydrogens (tertiary/aromatic N) is 2. The molecule has 4 heteroatoms. The predicted octanol–water partition coefficient (Wildman–Crippen LogP) is 2.63. The van der Waals surface area contributed by atoms with E-state index in [1.54, 1.807) is 7.11 Å². The van der Waals surface area contributed by atoms with Gasteiger partial charge in [-0.25, -0.2) is 4.98 Å². The molecule has 1 heterocycles. The first-order valence-corrected chi connectivity index (χ1v) is 7.16. The number of benzene rings is 1. The molecule has 4 nitrogen and oxygen atoms in total. The first-order valence-electron chi connectivity index (χ1n) is 7.16. The van der Waals surface area contributed by atoms with E-state index < -0.39 is 0 Å². The summed E-state index contributed by atoms with van der Waals surface area (Å²) < 4.78 is 7.36. The van der Waals surface area contributed by atoms with Crippen LogP contribution in [0.4, 0.5) is 0 Å². The second-order valence-electron chi connectivity index (χ2n) is 4.85. The summed E-state index contributed by atoms with van der Waals surface area (Å²) >= 11 is 0. The van der Waals surface area contributed by atoms with Crippen LogP contribution in [0, 0.1) is 0 Å². The fraction of sp³-hybridized carbons (Fsp3) is 0.438. The molecule has 108 valence electrons. The van der Waals surface area contributed by atoms with Crippen molar-refractivity contribution in [3.05, 3.63) is 48.0 Å². The third-order valence-electron chi connectivity index (χ3n) is 3.32. The van der Waals surface area contributed by atoms with Crippen molar-refractivity contribution in [1.29, 1.82) is 0 Å². The van der Waals surface area contributed by atoms with E-state index >= 15 is 0 Å². The number of rotatable bonds is 8. The van der Waals surface area contributed by atoms with E-state index in [1.807, 2.05) is 24.7 Å². The van der Waals surface area contributed by atoms with Crippen molar-refractivity contribution in [1.82, 2.24) is 14.9 Å². The Hall–Kier alpha value is -1.81. The topological polar surface area (TPSA) is 39.1 Å². The van der Waals surface area contributed by atoms with Crippen molar-refractivity contribution in [2.75, 3.05) is 13.7 Å². The molecule has 1 N–H and O–H groups in total. The quantitative estimate of drug-likeness (QED) is 0.752. The average molecular weight is 273 g/mol. The minimum absolute atomic E-state index is 0.871. The normalized spacial score (nSPS) is 10.7. The van der Waals surface area contributed by atoms with E-state index in [1.165, 1.54) is 11.3 Å². The molecular formula is C16H23N3O. The van der Waals surface area contributed by atoms with Crippen molar-refractivity contribution >= 4 is 0 Å². The van der Waals surface area contributed by atoms with Crippen molar-refractivity contribution in [2.45, 2.75) is 32.9 Å². The Labute approximate surface area is 120 Å². The molecule has 1 aromatic carbocycles. The zero-order valence-corrected chi connectivity index (χ0v) is 12.3. The Bertz CT molecular complexity index is 505. The van der Waals surface area contributed by atoms with Crippen LogP contribution in [0.5, 0.6) is 5.75 Å². The summed E-state index contributed by atoms with van der Waals surface area (Å²) in [4.78, 5) is 4.21. The van der Waals surface area contributed by atoms with Gasteiger partial charge in [-0.15, -0.1) is 0 Å². The van der Waals surface area contributed by atoms with Gasteiger partial charge in [0.25, 0.3) is 0 Å². The highest BCUT2D eigenvalue weighted by molar-refractivity contribution is 5.27. The highest BCUT2D eigenvalue weighted by Crippen LogP contribution is 2.11. The molecule has 0 aliphatic rings. The first-order chi connectivity index (χ1) is 9.83. The molecule has 1 aromatic heterocycles. The fourth-order valence-corrected chi connectivity index (χ4v) is 2.18. The molecule has 0 amide bonds. The zero-order chi connectivity index (χ0) is 14.2. The molecule has 0 unspecified atom stereocenters. The summed E-state index contributed by atoms with van der Waals surface area (Å²) in [5.41, 5.74) is 2.57. The number of hydrogen-bond acceptors (Lipinski definition) is 3. The Balaban J connectivity index is 1.74. The third-order valence-corrected chi connectivity index (χ3v) is 3.32. The van der Waals surface area contributed by atoms with E-state index in [0.717, 1.165) is 38.2 Å². The standard InChI is InChI=1S/C16H23N3O/c1-3-10-19-13-18-12-15(19)11-17-9-8-14-4-6-16(20-2)7-5-14/h4-7,12-13,17H,3,8-11H2,1-2H3.